The zero-order valence-corrected chi connectivity index (χ0v) is 15.3. The van der Waals surface area contributed by atoms with Crippen LogP contribution in [0, 0.1) is 6.07 Å². The zero-order valence-electron chi connectivity index (χ0n) is 13.2. The Kier molecular flexibility index (Phi) is 19.5. The van der Waals surface area contributed by atoms with E-state index in [1.165, 1.54) is 76.2 Å². The van der Waals surface area contributed by atoms with E-state index in [0.717, 1.165) is 0 Å². The molecule has 0 nitrogen and oxygen atoms in total. The Morgan fingerprint density at radius 3 is 1.85 bits per heavy atom. The topological polar surface area (TPSA) is 0 Å². The fraction of sp³-hybridized carbons (Fsp3) is 0.667. The molecule has 0 saturated heterocycles. The molecular formula is C18H29ClMg. The molecule has 0 aliphatic rings. The second kappa shape index (κ2) is 17.3. The molecule has 0 radical (unpaired) electrons. The fourth-order valence-electron chi connectivity index (χ4n) is 2.39. The minimum absolute atomic E-state index is 0. The van der Waals surface area contributed by atoms with Crippen LogP contribution in [0.25, 0.3) is 0 Å². The van der Waals surface area contributed by atoms with Crippen LogP contribution in [-0.4, -0.2) is 23.1 Å². The van der Waals surface area contributed by atoms with Crippen LogP contribution in [0.1, 0.15) is 76.7 Å². The molecule has 0 unspecified atom stereocenters. The van der Waals surface area contributed by atoms with Gasteiger partial charge in [-0.2, -0.15) is 35.9 Å². The SMILES string of the molecule is CCCCCCCCCCCCc1[c-]cccc1.[Cl-].[Mg+2]. The van der Waals surface area contributed by atoms with Gasteiger partial charge in [0.25, 0.3) is 0 Å². The van der Waals surface area contributed by atoms with Crippen LogP contribution in [0.15, 0.2) is 24.3 Å². The van der Waals surface area contributed by atoms with Crippen molar-refractivity contribution >= 4 is 23.1 Å². The number of benzene rings is 1. The van der Waals surface area contributed by atoms with Crippen LogP contribution >= 0.6 is 0 Å². The maximum Gasteiger partial charge on any atom is 2.00 e. The Balaban J connectivity index is 0. The number of aryl methyl sites for hydroxylation is 1. The minimum Gasteiger partial charge on any atom is -1.00 e. The summed E-state index contributed by atoms with van der Waals surface area (Å²) >= 11 is 0. The van der Waals surface area contributed by atoms with E-state index in [1.807, 2.05) is 12.1 Å². The maximum atomic E-state index is 3.30. The number of unbranched alkanes of at least 4 members (excludes halogenated alkanes) is 9. The quantitative estimate of drug-likeness (QED) is 0.335. The third-order valence-electron chi connectivity index (χ3n) is 3.57. The third kappa shape index (κ3) is 13.3. The Morgan fingerprint density at radius 2 is 1.35 bits per heavy atom. The molecular weight excluding hydrogens is 276 g/mol. The van der Waals surface area contributed by atoms with Gasteiger partial charge in [-0.25, -0.2) is 0 Å². The summed E-state index contributed by atoms with van der Waals surface area (Å²) in [6.45, 7) is 2.28. The standard InChI is InChI=1S/C18H29.ClH.Mg/c1-2-3-4-5-6-7-8-9-10-12-15-18-16-13-11-14-17-18;;/h11,13-14,16H,2-10,12,15H2,1H3;1H;/q-1;;+2/p-1. The summed E-state index contributed by atoms with van der Waals surface area (Å²) in [6, 6.07) is 11.7. The van der Waals surface area contributed by atoms with E-state index in [4.69, 9.17) is 0 Å². The largest absolute Gasteiger partial charge is 2.00 e. The van der Waals surface area contributed by atoms with Crippen LogP contribution in [0.4, 0.5) is 0 Å². The molecule has 2 heteroatoms. The summed E-state index contributed by atoms with van der Waals surface area (Å²) < 4.78 is 0. The van der Waals surface area contributed by atoms with Gasteiger partial charge in [-0.15, -0.1) is 0 Å². The van der Waals surface area contributed by atoms with Crippen molar-refractivity contribution < 1.29 is 12.4 Å². The summed E-state index contributed by atoms with van der Waals surface area (Å²) in [7, 11) is 0. The van der Waals surface area contributed by atoms with Crippen molar-refractivity contribution in [3.8, 4) is 0 Å². The maximum absolute atomic E-state index is 3.30. The summed E-state index contributed by atoms with van der Waals surface area (Å²) in [5.74, 6) is 0. The second-order valence-corrected chi connectivity index (χ2v) is 5.32. The Morgan fingerprint density at radius 1 is 0.800 bits per heavy atom. The number of rotatable bonds is 11. The van der Waals surface area contributed by atoms with Crippen LogP contribution in [-0.2, 0) is 6.42 Å². The van der Waals surface area contributed by atoms with E-state index < -0.39 is 0 Å². The smallest absolute Gasteiger partial charge is 1.00 e. The monoisotopic (exact) mass is 304 g/mol. The van der Waals surface area contributed by atoms with Crippen molar-refractivity contribution in [2.45, 2.75) is 77.6 Å². The van der Waals surface area contributed by atoms with Gasteiger partial charge in [0.15, 0.2) is 0 Å². The first-order chi connectivity index (χ1) is 8.93. The Bertz CT molecular complexity index is 274. The number of hydrogen-bond acceptors (Lipinski definition) is 0. The third-order valence-corrected chi connectivity index (χ3v) is 3.57. The first-order valence-electron chi connectivity index (χ1n) is 7.89. The van der Waals surface area contributed by atoms with Gasteiger partial charge in [0.05, 0.1) is 0 Å². The molecule has 1 rings (SSSR count). The first kappa shape index (κ1) is 22.6. The Hall–Kier alpha value is 0.276. The molecule has 0 aromatic heterocycles. The van der Waals surface area contributed by atoms with Crippen molar-refractivity contribution in [1.29, 1.82) is 0 Å². The summed E-state index contributed by atoms with van der Waals surface area (Å²) in [5.41, 5.74) is 1.37. The molecule has 110 valence electrons. The predicted octanol–water partition coefficient (Wildman–Crippen LogP) is 2.57. The predicted molar refractivity (Wildman–Crippen MR) is 86.6 cm³/mol. The van der Waals surface area contributed by atoms with Gasteiger partial charge in [-0.3, -0.25) is 0 Å². The average Bonchev–Trinajstić information content (AvgIpc) is 2.42. The summed E-state index contributed by atoms with van der Waals surface area (Å²) in [4.78, 5) is 0. The number of halogens is 1. The van der Waals surface area contributed by atoms with Crippen LogP contribution < -0.4 is 12.4 Å². The zero-order chi connectivity index (χ0) is 12.9. The van der Waals surface area contributed by atoms with Gasteiger partial charge in [0, 0.05) is 0 Å². The Labute approximate surface area is 148 Å². The van der Waals surface area contributed by atoms with E-state index in [1.54, 1.807) is 0 Å². The van der Waals surface area contributed by atoms with Gasteiger partial charge in [0.2, 0.25) is 0 Å². The number of hydrogen-bond donors (Lipinski definition) is 0. The summed E-state index contributed by atoms with van der Waals surface area (Å²) in [6.07, 6.45) is 15.3. The van der Waals surface area contributed by atoms with Crippen LogP contribution in [0.5, 0.6) is 0 Å². The fourth-order valence-corrected chi connectivity index (χ4v) is 2.39. The van der Waals surface area contributed by atoms with E-state index in [9.17, 15) is 0 Å². The van der Waals surface area contributed by atoms with Crippen molar-refractivity contribution in [2.75, 3.05) is 0 Å². The average molecular weight is 305 g/mol. The van der Waals surface area contributed by atoms with Crippen molar-refractivity contribution in [2.24, 2.45) is 0 Å². The van der Waals surface area contributed by atoms with Crippen molar-refractivity contribution in [3.63, 3.8) is 0 Å². The molecule has 0 fully saturated rings. The summed E-state index contributed by atoms with van der Waals surface area (Å²) in [5, 5.41) is 0. The van der Waals surface area contributed by atoms with E-state index >= 15 is 0 Å². The molecule has 0 amide bonds. The minimum atomic E-state index is 0. The van der Waals surface area contributed by atoms with Gasteiger partial charge < -0.3 is 12.4 Å². The van der Waals surface area contributed by atoms with Gasteiger partial charge in [-0.1, -0.05) is 77.6 Å². The van der Waals surface area contributed by atoms with Gasteiger partial charge >= 0.3 is 23.1 Å². The molecule has 0 heterocycles. The molecule has 0 atom stereocenters. The van der Waals surface area contributed by atoms with E-state index in [2.05, 4.69) is 25.1 Å². The van der Waals surface area contributed by atoms with Crippen molar-refractivity contribution in [1.82, 2.24) is 0 Å². The molecule has 0 bridgehead atoms. The first-order valence-corrected chi connectivity index (χ1v) is 7.89. The molecule has 20 heavy (non-hydrogen) atoms. The van der Waals surface area contributed by atoms with Gasteiger partial charge in [0.1, 0.15) is 0 Å². The van der Waals surface area contributed by atoms with Gasteiger partial charge in [-0.05, 0) is 0 Å². The molecule has 0 spiro atoms. The van der Waals surface area contributed by atoms with Crippen LogP contribution in [0.2, 0.25) is 0 Å². The molecule has 0 N–H and O–H groups in total. The molecule has 0 saturated carbocycles. The molecule has 1 aromatic rings. The molecule has 1 aromatic carbocycles. The van der Waals surface area contributed by atoms with E-state index in [-0.39, 0.29) is 35.5 Å². The second-order valence-electron chi connectivity index (χ2n) is 5.32. The normalized spacial score (nSPS) is 9.65. The molecule has 0 aliphatic carbocycles. The van der Waals surface area contributed by atoms with Crippen LogP contribution in [0.3, 0.4) is 0 Å². The van der Waals surface area contributed by atoms with E-state index in [0.29, 0.717) is 0 Å². The van der Waals surface area contributed by atoms with Crippen molar-refractivity contribution in [3.05, 3.63) is 35.9 Å². The molecule has 0 aliphatic heterocycles.